The molecule has 0 aromatic rings. The molecule has 0 aromatic heterocycles. The molecule has 0 aromatic carbocycles. The molecule has 122 valence electrons. The summed E-state index contributed by atoms with van der Waals surface area (Å²) in [6, 6.07) is 0.354. The highest BCUT2D eigenvalue weighted by Crippen LogP contribution is 2.32. The van der Waals surface area contributed by atoms with Crippen molar-refractivity contribution in [1.82, 2.24) is 5.32 Å². The molecule has 2 rings (SSSR count). The minimum absolute atomic E-state index is 0.143. The molecule has 0 unspecified atom stereocenters. The normalized spacial score (nSPS) is 32.5. The Morgan fingerprint density at radius 1 is 1.14 bits per heavy atom. The molecule has 2 saturated carbocycles. The highest BCUT2D eigenvalue weighted by atomic mass is 16.5. The van der Waals surface area contributed by atoms with Crippen molar-refractivity contribution >= 4 is 5.91 Å². The van der Waals surface area contributed by atoms with Gasteiger partial charge in [-0.2, -0.15) is 0 Å². The summed E-state index contributed by atoms with van der Waals surface area (Å²) in [6.07, 6.45) is 7.61. The molecule has 3 N–H and O–H groups in total. The number of carbonyl (C=O) groups excluding carboxylic acids is 1. The minimum Gasteiger partial charge on any atom is -0.378 e. The first kappa shape index (κ1) is 16.7. The van der Waals surface area contributed by atoms with Crippen LogP contribution in [0.2, 0.25) is 0 Å². The Hall–Kier alpha value is -0.650. The Kier molecular flexibility index (Phi) is 6.93. The molecule has 0 aliphatic heterocycles. The van der Waals surface area contributed by atoms with Crippen molar-refractivity contribution in [2.75, 3.05) is 19.8 Å². The Morgan fingerprint density at radius 3 is 2.52 bits per heavy atom. The molecular formula is C16H30N2O3. The Balaban J connectivity index is 1.45. The van der Waals surface area contributed by atoms with E-state index >= 15 is 0 Å². The van der Waals surface area contributed by atoms with Crippen LogP contribution in [0, 0.1) is 5.92 Å². The van der Waals surface area contributed by atoms with E-state index in [1.54, 1.807) is 0 Å². The lowest BCUT2D eigenvalue weighted by Crippen LogP contribution is -2.37. The van der Waals surface area contributed by atoms with Gasteiger partial charge in [-0.25, -0.2) is 0 Å². The van der Waals surface area contributed by atoms with Crippen LogP contribution in [0.25, 0.3) is 0 Å². The molecule has 2 aliphatic rings. The van der Waals surface area contributed by atoms with E-state index in [0.717, 1.165) is 45.1 Å². The monoisotopic (exact) mass is 298 g/mol. The van der Waals surface area contributed by atoms with Gasteiger partial charge in [0, 0.05) is 25.6 Å². The second-order valence-electron chi connectivity index (χ2n) is 6.38. The minimum atomic E-state index is 0.143. The fourth-order valence-electron chi connectivity index (χ4n) is 3.22. The van der Waals surface area contributed by atoms with Gasteiger partial charge in [0.25, 0.3) is 0 Å². The van der Waals surface area contributed by atoms with Crippen LogP contribution >= 0.6 is 0 Å². The highest BCUT2D eigenvalue weighted by molar-refractivity contribution is 5.76. The van der Waals surface area contributed by atoms with Crippen molar-refractivity contribution in [3.05, 3.63) is 0 Å². The predicted octanol–water partition coefficient (Wildman–Crippen LogP) is 1.59. The Labute approximate surface area is 127 Å². The highest BCUT2D eigenvalue weighted by Gasteiger charge is 2.30. The van der Waals surface area contributed by atoms with E-state index in [1.807, 2.05) is 6.92 Å². The summed E-state index contributed by atoms with van der Waals surface area (Å²) in [6.45, 7) is 4.01. The summed E-state index contributed by atoms with van der Waals surface area (Å²) in [5.74, 6) is 0.645. The number of rotatable bonds is 8. The molecule has 1 amide bonds. The second kappa shape index (κ2) is 8.71. The molecule has 0 heterocycles. The zero-order valence-corrected chi connectivity index (χ0v) is 13.2. The van der Waals surface area contributed by atoms with Crippen molar-refractivity contribution in [2.24, 2.45) is 11.7 Å². The Morgan fingerprint density at radius 2 is 1.86 bits per heavy atom. The molecule has 5 nitrogen and oxygen atoms in total. The molecular weight excluding hydrogens is 268 g/mol. The number of amides is 1. The molecule has 5 heteroatoms. The molecule has 0 spiro atoms. The number of hydrogen-bond acceptors (Lipinski definition) is 4. The van der Waals surface area contributed by atoms with Gasteiger partial charge < -0.3 is 20.5 Å². The van der Waals surface area contributed by atoms with Gasteiger partial charge in [-0.3, -0.25) is 4.79 Å². The fourth-order valence-corrected chi connectivity index (χ4v) is 3.22. The first-order valence-corrected chi connectivity index (χ1v) is 8.42. The Bertz CT molecular complexity index is 311. The predicted molar refractivity (Wildman–Crippen MR) is 81.9 cm³/mol. The third kappa shape index (κ3) is 5.93. The summed E-state index contributed by atoms with van der Waals surface area (Å²) >= 11 is 0. The van der Waals surface area contributed by atoms with Crippen LogP contribution in [0.15, 0.2) is 0 Å². The van der Waals surface area contributed by atoms with Crippen LogP contribution in [-0.2, 0) is 14.3 Å². The van der Waals surface area contributed by atoms with Crippen LogP contribution in [0.5, 0.6) is 0 Å². The summed E-state index contributed by atoms with van der Waals surface area (Å²) < 4.78 is 11.3. The zero-order chi connectivity index (χ0) is 15.1. The maximum Gasteiger partial charge on any atom is 0.220 e. The second-order valence-corrected chi connectivity index (χ2v) is 6.38. The van der Waals surface area contributed by atoms with E-state index in [0.29, 0.717) is 43.7 Å². The van der Waals surface area contributed by atoms with E-state index in [1.165, 1.54) is 0 Å². The van der Waals surface area contributed by atoms with Crippen LogP contribution in [0.3, 0.4) is 0 Å². The number of nitrogens with two attached hydrogens (primary N) is 1. The van der Waals surface area contributed by atoms with E-state index < -0.39 is 0 Å². The average Bonchev–Trinajstić information content (AvgIpc) is 2.43. The van der Waals surface area contributed by atoms with E-state index in [-0.39, 0.29) is 5.91 Å². The lowest BCUT2D eigenvalue weighted by molar-refractivity contribution is -0.124. The molecule has 2 fully saturated rings. The first-order valence-electron chi connectivity index (χ1n) is 8.42. The van der Waals surface area contributed by atoms with Gasteiger partial charge in [0.1, 0.15) is 0 Å². The van der Waals surface area contributed by atoms with Crippen molar-refractivity contribution in [3.8, 4) is 0 Å². The van der Waals surface area contributed by atoms with E-state index in [4.69, 9.17) is 15.2 Å². The number of carbonyl (C=O) groups is 1. The van der Waals surface area contributed by atoms with Gasteiger partial charge in [0.15, 0.2) is 0 Å². The zero-order valence-electron chi connectivity index (χ0n) is 13.2. The largest absolute Gasteiger partial charge is 0.378 e. The van der Waals surface area contributed by atoms with Crippen molar-refractivity contribution < 1.29 is 14.3 Å². The number of nitrogens with one attached hydrogen (secondary N) is 1. The van der Waals surface area contributed by atoms with Gasteiger partial charge >= 0.3 is 0 Å². The quantitative estimate of drug-likeness (QED) is 0.668. The molecule has 0 saturated heterocycles. The van der Waals surface area contributed by atoms with Crippen molar-refractivity contribution in [1.29, 1.82) is 0 Å². The maximum atomic E-state index is 11.8. The summed E-state index contributed by atoms with van der Waals surface area (Å²) in [5.41, 5.74) is 5.86. The van der Waals surface area contributed by atoms with Crippen LogP contribution in [0.4, 0.5) is 0 Å². The smallest absolute Gasteiger partial charge is 0.220 e. The molecule has 0 radical (unpaired) electrons. The van der Waals surface area contributed by atoms with Crippen molar-refractivity contribution in [3.63, 3.8) is 0 Å². The summed E-state index contributed by atoms with van der Waals surface area (Å²) in [7, 11) is 0. The maximum absolute atomic E-state index is 11.8. The molecule has 0 bridgehead atoms. The lowest BCUT2D eigenvalue weighted by atomic mass is 9.80. The number of ether oxygens (including phenoxy) is 2. The van der Waals surface area contributed by atoms with E-state index in [9.17, 15) is 4.79 Å². The summed E-state index contributed by atoms with van der Waals surface area (Å²) in [4.78, 5) is 11.8. The lowest BCUT2D eigenvalue weighted by Gasteiger charge is -2.34. The van der Waals surface area contributed by atoms with Gasteiger partial charge in [0.2, 0.25) is 5.91 Å². The van der Waals surface area contributed by atoms with Crippen LogP contribution in [-0.4, -0.2) is 43.9 Å². The van der Waals surface area contributed by atoms with Gasteiger partial charge in [-0.05, 0) is 51.4 Å². The van der Waals surface area contributed by atoms with Crippen LogP contribution in [0.1, 0.15) is 51.9 Å². The third-order valence-electron chi connectivity index (χ3n) is 4.57. The summed E-state index contributed by atoms with van der Waals surface area (Å²) in [5, 5.41) is 2.95. The average molecular weight is 298 g/mol. The SMILES string of the molecule is CCOC1CC(CC(=O)NCCOC2CCC(N)CC2)C1. The van der Waals surface area contributed by atoms with Crippen LogP contribution < -0.4 is 11.1 Å². The third-order valence-corrected chi connectivity index (χ3v) is 4.57. The number of hydrogen-bond donors (Lipinski definition) is 2. The van der Waals surface area contributed by atoms with E-state index in [2.05, 4.69) is 5.32 Å². The molecule has 2 aliphatic carbocycles. The fraction of sp³-hybridized carbons (Fsp3) is 0.938. The van der Waals surface area contributed by atoms with Gasteiger partial charge in [-0.15, -0.1) is 0 Å². The standard InChI is InChI=1S/C16H30N2O3/c1-2-20-15-9-12(10-15)11-16(19)18-7-8-21-14-5-3-13(17)4-6-14/h12-15H,2-11,17H2,1H3,(H,18,19). The van der Waals surface area contributed by atoms with Gasteiger partial charge in [0.05, 0.1) is 18.8 Å². The molecule has 21 heavy (non-hydrogen) atoms. The van der Waals surface area contributed by atoms with Gasteiger partial charge in [-0.1, -0.05) is 0 Å². The first-order chi connectivity index (χ1) is 10.2. The topological polar surface area (TPSA) is 73.6 Å². The van der Waals surface area contributed by atoms with Crippen molar-refractivity contribution in [2.45, 2.75) is 70.1 Å². The molecule has 0 atom stereocenters.